The summed E-state index contributed by atoms with van der Waals surface area (Å²) in [6, 6.07) is 5.80. The van der Waals surface area contributed by atoms with Crippen molar-refractivity contribution in [3.8, 4) is 0 Å². The van der Waals surface area contributed by atoms with Gasteiger partial charge in [0.2, 0.25) is 0 Å². The van der Waals surface area contributed by atoms with Crippen molar-refractivity contribution < 1.29 is 13.2 Å². The highest BCUT2D eigenvalue weighted by Crippen LogP contribution is 2.42. The van der Waals surface area contributed by atoms with Crippen molar-refractivity contribution in [2.24, 2.45) is 11.8 Å². The maximum absolute atomic E-state index is 12.6. The van der Waals surface area contributed by atoms with Crippen molar-refractivity contribution in [1.82, 2.24) is 0 Å². The van der Waals surface area contributed by atoms with Gasteiger partial charge in [0.15, 0.2) is 0 Å². The molecule has 2 unspecified atom stereocenters. The van der Waals surface area contributed by atoms with Gasteiger partial charge in [-0.3, -0.25) is 0 Å². The van der Waals surface area contributed by atoms with Crippen molar-refractivity contribution >= 4 is 0 Å². The van der Waals surface area contributed by atoms with Gasteiger partial charge < -0.3 is 0 Å². The first-order valence-electron chi connectivity index (χ1n) is 6.05. The van der Waals surface area contributed by atoms with Crippen LogP contribution >= 0.6 is 0 Å². The number of alkyl halides is 3. The molecular weight excluding hydrogens is 225 g/mol. The second kappa shape index (κ2) is 4.35. The number of hydrogen-bond acceptors (Lipinski definition) is 0. The van der Waals surface area contributed by atoms with Crippen LogP contribution in [0.5, 0.6) is 0 Å². The van der Waals surface area contributed by atoms with Crippen molar-refractivity contribution in [3.05, 3.63) is 35.4 Å². The molecule has 0 nitrogen and oxygen atoms in total. The summed E-state index contributed by atoms with van der Waals surface area (Å²) < 4.78 is 37.8. The molecule has 0 radical (unpaired) electrons. The van der Waals surface area contributed by atoms with Crippen LogP contribution in [-0.2, 0) is 6.18 Å². The van der Waals surface area contributed by atoms with Crippen LogP contribution < -0.4 is 0 Å². The molecule has 3 heteroatoms. The highest BCUT2D eigenvalue weighted by Gasteiger charge is 2.33. The second-order valence-corrected chi connectivity index (χ2v) is 5.25. The zero-order chi connectivity index (χ0) is 12.6. The Morgan fingerprint density at radius 2 is 1.65 bits per heavy atom. The van der Waals surface area contributed by atoms with E-state index in [9.17, 15) is 13.2 Å². The molecule has 0 aliphatic heterocycles. The minimum absolute atomic E-state index is 0.294. The molecule has 0 saturated heterocycles. The van der Waals surface area contributed by atoms with E-state index in [0.29, 0.717) is 17.8 Å². The molecule has 94 valence electrons. The Bertz CT molecular complexity index is 385. The summed E-state index contributed by atoms with van der Waals surface area (Å²) in [6.45, 7) is 4.36. The fourth-order valence-corrected chi connectivity index (χ4v) is 2.70. The van der Waals surface area contributed by atoms with Crippen molar-refractivity contribution in [2.45, 2.75) is 38.8 Å². The van der Waals surface area contributed by atoms with Crippen molar-refractivity contribution in [3.63, 3.8) is 0 Å². The summed E-state index contributed by atoms with van der Waals surface area (Å²) in [6.07, 6.45) is -2.23. The molecule has 0 N–H and O–H groups in total. The predicted molar refractivity (Wildman–Crippen MR) is 61.7 cm³/mol. The van der Waals surface area contributed by atoms with Gasteiger partial charge in [-0.15, -0.1) is 0 Å². The summed E-state index contributed by atoms with van der Waals surface area (Å²) in [5.41, 5.74) is 0.318. The first-order chi connectivity index (χ1) is 7.88. The molecule has 1 aliphatic carbocycles. The molecule has 0 aromatic heterocycles. The number of benzene rings is 1. The summed E-state index contributed by atoms with van der Waals surface area (Å²) >= 11 is 0. The van der Waals surface area contributed by atoms with Gasteiger partial charge in [-0.05, 0) is 42.2 Å². The van der Waals surface area contributed by atoms with E-state index in [4.69, 9.17) is 0 Å². The van der Waals surface area contributed by atoms with Crippen LogP contribution in [0.15, 0.2) is 24.3 Å². The van der Waals surface area contributed by atoms with E-state index >= 15 is 0 Å². The van der Waals surface area contributed by atoms with Crippen LogP contribution in [0.3, 0.4) is 0 Å². The third-order valence-corrected chi connectivity index (χ3v) is 3.97. The molecule has 1 fully saturated rings. The average Bonchev–Trinajstić information content (AvgIpc) is 2.58. The first kappa shape index (κ1) is 12.5. The highest BCUT2D eigenvalue weighted by atomic mass is 19.4. The molecule has 0 amide bonds. The van der Waals surface area contributed by atoms with Crippen LogP contribution in [0.2, 0.25) is 0 Å². The van der Waals surface area contributed by atoms with Gasteiger partial charge in [-0.2, -0.15) is 13.2 Å². The van der Waals surface area contributed by atoms with Crippen molar-refractivity contribution in [2.75, 3.05) is 0 Å². The van der Waals surface area contributed by atoms with E-state index in [0.717, 1.165) is 24.5 Å². The highest BCUT2D eigenvalue weighted by molar-refractivity contribution is 5.29. The molecule has 1 saturated carbocycles. The minimum Gasteiger partial charge on any atom is -0.166 e. The first-order valence-corrected chi connectivity index (χ1v) is 6.05. The smallest absolute Gasteiger partial charge is 0.166 e. The molecule has 2 rings (SSSR count). The summed E-state index contributed by atoms with van der Waals surface area (Å²) in [5.74, 6) is 1.51. The Morgan fingerprint density at radius 1 is 1.06 bits per heavy atom. The lowest BCUT2D eigenvalue weighted by atomic mass is 9.95. The summed E-state index contributed by atoms with van der Waals surface area (Å²) in [7, 11) is 0. The van der Waals surface area contributed by atoms with E-state index < -0.39 is 11.7 Å². The lowest BCUT2D eigenvalue weighted by molar-refractivity contribution is -0.137. The molecule has 1 aliphatic rings. The molecule has 0 bridgehead atoms. The number of halogens is 3. The Balaban J connectivity index is 2.23. The predicted octanol–water partition coefficient (Wildman–Crippen LogP) is 4.86. The zero-order valence-electron chi connectivity index (χ0n) is 10.1. The van der Waals surface area contributed by atoms with Gasteiger partial charge in [0.05, 0.1) is 5.56 Å². The lowest BCUT2D eigenvalue weighted by Crippen LogP contribution is -2.06. The summed E-state index contributed by atoms with van der Waals surface area (Å²) in [4.78, 5) is 0. The van der Waals surface area contributed by atoms with Gasteiger partial charge in [-0.25, -0.2) is 0 Å². The Hall–Kier alpha value is -0.990. The SMILES string of the molecule is CC1CC(c2cccc(C(F)(F)F)c2)CC1C. The van der Waals surface area contributed by atoms with Gasteiger partial charge in [0, 0.05) is 0 Å². The van der Waals surface area contributed by atoms with Crippen molar-refractivity contribution in [1.29, 1.82) is 0 Å². The van der Waals surface area contributed by atoms with Crippen LogP contribution in [0.4, 0.5) is 13.2 Å². The average molecular weight is 242 g/mol. The molecule has 2 atom stereocenters. The quantitative estimate of drug-likeness (QED) is 0.660. The van der Waals surface area contributed by atoms with E-state index in [1.807, 2.05) is 6.07 Å². The molecule has 0 heterocycles. The van der Waals surface area contributed by atoms with Gasteiger partial charge in [-0.1, -0.05) is 32.0 Å². The third-order valence-electron chi connectivity index (χ3n) is 3.97. The monoisotopic (exact) mass is 242 g/mol. The maximum atomic E-state index is 12.6. The van der Waals surface area contributed by atoms with E-state index in [1.165, 1.54) is 12.1 Å². The minimum atomic E-state index is -4.23. The van der Waals surface area contributed by atoms with Crippen LogP contribution in [0, 0.1) is 11.8 Å². The Labute approximate surface area is 99.8 Å². The van der Waals surface area contributed by atoms with Crippen LogP contribution in [-0.4, -0.2) is 0 Å². The van der Waals surface area contributed by atoms with Gasteiger partial charge in [0.25, 0.3) is 0 Å². The van der Waals surface area contributed by atoms with Gasteiger partial charge in [0.1, 0.15) is 0 Å². The van der Waals surface area contributed by atoms with E-state index in [1.54, 1.807) is 0 Å². The fourth-order valence-electron chi connectivity index (χ4n) is 2.70. The molecule has 1 aromatic carbocycles. The Kier molecular flexibility index (Phi) is 3.19. The molecular formula is C14H17F3. The molecule has 0 spiro atoms. The van der Waals surface area contributed by atoms with Gasteiger partial charge >= 0.3 is 6.18 Å². The number of hydrogen-bond donors (Lipinski definition) is 0. The van der Waals surface area contributed by atoms with Crippen LogP contribution in [0.1, 0.15) is 43.7 Å². The lowest BCUT2D eigenvalue weighted by Gasteiger charge is -2.13. The fraction of sp³-hybridized carbons (Fsp3) is 0.571. The van der Waals surface area contributed by atoms with Crippen LogP contribution in [0.25, 0.3) is 0 Å². The number of rotatable bonds is 1. The summed E-state index contributed by atoms with van der Waals surface area (Å²) in [5, 5.41) is 0. The molecule has 1 aromatic rings. The largest absolute Gasteiger partial charge is 0.416 e. The zero-order valence-corrected chi connectivity index (χ0v) is 10.1. The molecule has 17 heavy (non-hydrogen) atoms. The Morgan fingerprint density at radius 3 is 2.18 bits per heavy atom. The third kappa shape index (κ3) is 2.64. The van der Waals surface area contributed by atoms with E-state index in [-0.39, 0.29) is 0 Å². The standard InChI is InChI=1S/C14H17F3/c1-9-6-12(7-10(9)2)11-4-3-5-13(8-11)14(15,16)17/h3-5,8-10,12H,6-7H2,1-2H3. The second-order valence-electron chi connectivity index (χ2n) is 5.25. The normalized spacial score (nSPS) is 29.6. The maximum Gasteiger partial charge on any atom is 0.416 e. The topological polar surface area (TPSA) is 0 Å². The van der Waals surface area contributed by atoms with E-state index in [2.05, 4.69) is 13.8 Å².